The van der Waals surface area contributed by atoms with Gasteiger partial charge in [-0.25, -0.2) is 4.98 Å². The molecule has 0 aliphatic rings. The first-order chi connectivity index (χ1) is 7.77. The first-order valence-corrected chi connectivity index (χ1v) is 5.69. The second-order valence-electron chi connectivity index (χ2n) is 2.58. The highest BCUT2D eigenvalue weighted by atomic mass is 16.3. The highest BCUT2D eigenvalue weighted by molar-refractivity contribution is 5.45. The average Bonchev–Trinajstić information content (AvgIpc) is 2.95. The third-order valence-corrected chi connectivity index (χ3v) is 1.72. The molecule has 90 valence electrons. The number of furan rings is 1. The van der Waals surface area contributed by atoms with Gasteiger partial charge < -0.3 is 4.42 Å². The summed E-state index contributed by atoms with van der Waals surface area (Å²) in [4.78, 5) is 4.21. The Bertz CT molecular complexity index is 357. The topological polar surface area (TPSA) is 43.9 Å². The van der Waals surface area contributed by atoms with Gasteiger partial charge in [-0.15, -0.1) is 5.10 Å². The summed E-state index contributed by atoms with van der Waals surface area (Å²) < 4.78 is 6.87. The van der Waals surface area contributed by atoms with Gasteiger partial charge in [0.2, 0.25) is 5.82 Å². The lowest BCUT2D eigenvalue weighted by Gasteiger charge is -1.85. The summed E-state index contributed by atoms with van der Waals surface area (Å²) in [5.41, 5.74) is 0. The van der Waals surface area contributed by atoms with Crippen LogP contribution in [0.5, 0.6) is 0 Å². The van der Waals surface area contributed by atoms with Crippen molar-refractivity contribution < 1.29 is 4.42 Å². The second-order valence-corrected chi connectivity index (χ2v) is 2.58. The maximum atomic E-state index is 5.15. The zero-order valence-electron chi connectivity index (χ0n) is 11.0. The Kier molecular flexibility index (Phi) is 6.92. The maximum absolute atomic E-state index is 5.15. The molecule has 0 saturated carbocycles. The van der Waals surface area contributed by atoms with Crippen LogP contribution < -0.4 is 0 Å². The van der Waals surface area contributed by atoms with E-state index >= 15 is 0 Å². The van der Waals surface area contributed by atoms with Gasteiger partial charge in [0, 0.05) is 7.05 Å². The predicted molar refractivity (Wildman–Crippen MR) is 66.1 cm³/mol. The molecule has 2 rings (SSSR count). The monoisotopic (exact) mass is 223 g/mol. The molecule has 4 nitrogen and oxygen atoms in total. The van der Waals surface area contributed by atoms with Gasteiger partial charge in [0.15, 0.2) is 5.76 Å². The van der Waals surface area contributed by atoms with Crippen LogP contribution in [-0.2, 0) is 7.05 Å². The van der Waals surface area contributed by atoms with Crippen LogP contribution in [0.1, 0.15) is 33.5 Å². The Labute approximate surface area is 97.3 Å². The molecule has 0 saturated heterocycles. The molecular weight excluding hydrogens is 202 g/mol. The molecule has 4 heteroatoms. The lowest BCUT2D eigenvalue weighted by atomic mass is 10.4. The van der Waals surface area contributed by atoms with E-state index in [-0.39, 0.29) is 0 Å². The van der Waals surface area contributed by atoms with Crippen LogP contribution in [0.15, 0.2) is 22.8 Å². The predicted octanol–water partition coefficient (Wildman–Crippen LogP) is 3.44. The van der Waals surface area contributed by atoms with Crippen molar-refractivity contribution in [2.75, 3.05) is 0 Å². The summed E-state index contributed by atoms with van der Waals surface area (Å²) in [7, 11) is 1.86. The number of aromatic nitrogens is 3. The third-order valence-electron chi connectivity index (χ3n) is 1.72. The van der Waals surface area contributed by atoms with E-state index in [1.807, 2.05) is 53.8 Å². The van der Waals surface area contributed by atoms with E-state index in [4.69, 9.17) is 4.42 Å². The molecule has 0 radical (unpaired) electrons. The fourth-order valence-corrected chi connectivity index (χ4v) is 0.973. The highest BCUT2D eigenvalue weighted by Crippen LogP contribution is 2.14. The molecule has 2 aromatic heterocycles. The number of nitrogens with zero attached hydrogens (tertiary/aromatic N) is 3. The molecule has 0 spiro atoms. The summed E-state index contributed by atoms with van der Waals surface area (Å²) >= 11 is 0. The molecule has 0 fully saturated rings. The zero-order chi connectivity index (χ0) is 12.6. The molecule has 2 aromatic rings. The van der Waals surface area contributed by atoms with Gasteiger partial charge in [-0.05, 0) is 19.1 Å². The second kappa shape index (κ2) is 7.68. The molecule has 0 amide bonds. The molecule has 0 atom stereocenters. The molecule has 0 aliphatic carbocycles. The minimum absolute atomic E-state index is 0.639. The van der Waals surface area contributed by atoms with Crippen molar-refractivity contribution in [3.63, 3.8) is 0 Å². The van der Waals surface area contributed by atoms with E-state index in [0.29, 0.717) is 11.6 Å². The van der Waals surface area contributed by atoms with E-state index in [9.17, 15) is 0 Å². The van der Waals surface area contributed by atoms with Crippen LogP contribution in [-0.4, -0.2) is 14.8 Å². The SMILES string of the molecule is CC.CC.Cc1nc(-c2ccco2)nn1C. The molecule has 0 bridgehead atoms. The number of hydrogen-bond acceptors (Lipinski definition) is 3. The molecule has 2 heterocycles. The molecule has 0 aromatic carbocycles. The van der Waals surface area contributed by atoms with E-state index in [1.165, 1.54) is 0 Å². The zero-order valence-corrected chi connectivity index (χ0v) is 11.0. The van der Waals surface area contributed by atoms with Gasteiger partial charge in [-0.1, -0.05) is 27.7 Å². The summed E-state index contributed by atoms with van der Waals surface area (Å²) in [6.07, 6.45) is 1.61. The Morgan fingerprint density at radius 3 is 2.19 bits per heavy atom. The van der Waals surface area contributed by atoms with Gasteiger partial charge >= 0.3 is 0 Å². The highest BCUT2D eigenvalue weighted by Gasteiger charge is 2.07. The van der Waals surface area contributed by atoms with E-state index in [1.54, 1.807) is 10.9 Å². The smallest absolute Gasteiger partial charge is 0.217 e. The maximum Gasteiger partial charge on any atom is 0.217 e. The summed E-state index contributed by atoms with van der Waals surface area (Å²) in [5.74, 6) is 2.22. The fourth-order valence-electron chi connectivity index (χ4n) is 0.973. The minimum Gasteiger partial charge on any atom is -0.461 e. The van der Waals surface area contributed by atoms with E-state index in [0.717, 1.165) is 5.82 Å². The van der Waals surface area contributed by atoms with Gasteiger partial charge in [-0.2, -0.15) is 0 Å². The van der Waals surface area contributed by atoms with Crippen LogP contribution in [0.4, 0.5) is 0 Å². The molecule has 0 unspecified atom stereocenters. The number of rotatable bonds is 1. The van der Waals surface area contributed by atoms with Crippen molar-refractivity contribution in [2.24, 2.45) is 7.05 Å². The van der Waals surface area contributed by atoms with Gasteiger partial charge in [0.05, 0.1) is 6.26 Å². The Balaban J connectivity index is 0.000000509. The van der Waals surface area contributed by atoms with Crippen molar-refractivity contribution in [3.05, 3.63) is 24.2 Å². The van der Waals surface area contributed by atoms with Crippen LogP contribution in [0.2, 0.25) is 0 Å². The first-order valence-electron chi connectivity index (χ1n) is 5.69. The molecule has 16 heavy (non-hydrogen) atoms. The Morgan fingerprint density at radius 2 is 1.81 bits per heavy atom. The standard InChI is InChI=1S/C8H9N3O.2C2H6/c1-6-9-8(10-11(6)2)7-4-3-5-12-7;2*1-2/h3-5H,1-2H3;2*1-2H3. The minimum atomic E-state index is 0.639. The summed E-state index contributed by atoms with van der Waals surface area (Å²) in [6, 6.07) is 3.66. The quantitative estimate of drug-likeness (QED) is 0.743. The van der Waals surface area contributed by atoms with Crippen molar-refractivity contribution in [2.45, 2.75) is 34.6 Å². The largest absolute Gasteiger partial charge is 0.461 e. The van der Waals surface area contributed by atoms with E-state index < -0.39 is 0 Å². The molecule has 0 N–H and O–H groups in total. The van der Waals surface area contributed by atoms with Crippen LogP contribution in [0.25, 0.3) is 11.6 Å². The van der Waals surface area contributed by atoms with Crippen molar-refractivity contribution >= 4 is 0 Å². The molecule has 0 aliphatic heterocycles. The molecular formula is C12H21N3O. The lowest BCUT2D eigenvalue weighted by molar-refractivity contribution is 0.576. The van der Waals surface area contributed by atoms with Crippen molar-refractivity contribution in [1.82, 2.24) is 14.8 Å². The normalized spacial score (nSPS) is 8.62. The Hall–Kier alpha value is -1.58. The van der Waals surface area contributed by atoms with Crippen molar-refractivity contribution in [1.29, 1.82) is 0 Å². The fraction of sp³-hybridized carbons (Fsp3) is 0.500. The summed E-state index contributed by atoms with van der Waals surface area (Å²) in [6.45, 7) is 9.90. The number of aryl methyl sites for hydroxylation is 2. The van der Waals surface area contributed by atoms with Gasteiger partial charge in [0.1, 0.15) is 5.82 Å². The Morgan fingerprint density at radius 1 is 1.19 bits per heavy atom. The van der Waals surface area contributed by atoms with E-state index in [2.05, 4.69) is 10.1 Å². The van der Waals surface area contributed by atoms with Gasteiger partial charge in [-0.3, -0.25) is 4.68 Å². The van der Waals surface area contributed by atoms with Crippen LogP contribution in [0, 0.1) is 6.92 Å². The summed E-state index contributed by atoms with van der Waals surface area (Å²) in [5, 5.41) is 4.16. The van der Waals surface area contributed by atoms with Gasteiger partial charge in [0.25, 0.3) is 0 Å². The van der Waals surface area contributed by atoms with Crippen molar-refractivity contribution in [3.8, 4) is 11.6 Å². The lowest BCUT2D eigenvalue weighted by Crippen LogP contribution is -1.92. The number of hydrogen-bond donors (Lipinski definition) is 0. The third kappa shape index (κ3) is 3.53. The average molecular weight is 223 g/mol. The first kappa shape index (κ1) is 14.4. The van der Waals surface area contributed by atoms with Crippen LogP contribution in [0.3, 0.4) is 0 Å². The van der Waals surface area contributed by atoms with Crippen LogP contribution >= 0.6 is 0 Å².